The van der Waals surface area contributed by atoms with Gasteiger partial charge in [0.1, 0.15) is 17.5 Å². The minimum absolute atomic E-state index is 0.180. The predicted molar refractivity (Wildman–Crippen MR) is 97.4 cm³/mol. The van der Waals surface area contributed by atoms with E-state index < -0.39 is 29.6 Å². The highest BCUT2D eigenvalue weighted by atomic mass is 16.6. The Hall–Kier alpha value is -3.35. The SMILES string of the molecule is CCOC(=O)C1Cc2ccc(Oc3ccccc3)cc2C2(C)OC(=O)C(=O)N12. The lowest BCUT2D eigenvalue weighted by atomic mass is 9.86. The highest BCUT2D eigenvalue weighted by Gasteiger charge is 2.58. The smallest absolute Gasteiger partial charge is 0.399 e. The molecule has 7 heteroatoms. The van der Waals surface area contributed by atoms with Gasteiger partial charge in [-0.2, -0.15) is 0 Å². The van der Waals surface area contributed by atoms with Crippen LogP contribution in [0.2, 0.25) is 0 Å². The van der Waals surface area contributed by atoms with Crippen molar-refractivity contribution in [3.8, 4) is 11.5 Å². The zero-order chi connectivity index (χ0) is 19.9. The first-order chi connectivity index (χ1) is 13.4. The molecular weight excluding hydrogens is 362 g/mol. The highest BCUT2D eigenvalue weighted by Crippen LogP contribution is 2.45. The van der Waals surface area contributed by atoms with Gasteiger partial charge in [-0.05, 0) is 43.7 Å². The van der Waals surface area contributed by atoms with Crippen molar-refractivity contribution in [3.05, 3.63) is 59.7 Å². The van der Waals surface area contributed by atoms with E-state index in [2.05, 4.69) is 0 Å². The quantitative estimate of drug-likeness (QED) is 0.598. The Labute approximate surface area is 161 Å². The van der Waals surface area contributed by atoms with E-state index >= 15 is 0 Å². The largest absolute Gasteiger partial charge is 0.464 e. The van der Waals surface area contributed by atoms with E-state index in [-0.39, 0.29) is 13.0 Å². The van der Waals surface area contributed by atoms with E-state index in [9.17, 15) is 14.4 Å². The Morgan fingerprint density at radius 2 is 1.93 bits per heavy atom. The summed E-state index contributed by atoms with van der Waals surface area (Å²) in [6.07, 6.45) is 0.234. The van der Waals surface area contributed by atoms with Gasteiger partial charge in [-0.1, -0.05) is 24.3 Å². The monoisotopic (exact) mass is 381 g/mol. The Bertz CT molecular complexity index is 957. The number of hydrogen-bond acceptors (Lipinski definition) is 6. The van der Waals surface area contributed by atoms with Gasteiger partial charge >= 0.3 is 17.8 Å². The molecule has 0 spiro atoms. The van der Waals surface area contributed by atoms with E-state index in [1.54, 1.807) is 26.0 Å². The third-order valence-corrected chi connectivity index (χ3v) is 4.99. The second-order valence-corrected chi connectivity index (χ2v) is 6.75. The number of esters is 2. The molecule has 144 valence electrons. The van der Waals surface area contributed by atoms with Crippen molar-refractivity contribution in [3.63, 3.8) is 0 Å². The van der Waals surface area contributed by atoms with Crippen LogP contribution in [0.5, 0.6) is 11.5 Å². The highest BCUT2D eigenvalue weighted by molar-refractivity contribution is 6.34. The zero-order valence-electron chi connectivity index (χ0n) is 15.5. The number of nitrogens with zero attached hydrogens (tertiary/aromatic N) is 1. The maximum absolute atomic E-state index is 12.5. The number of hydrogen-bond donors (Lipinski definition) is 0. The molecule has 2 aliphatic heterocycles. The topological polar surface area (TPSA) is 82.1 Å². The van der Waals surface area contributed by atoms with Crippen molar-refractivity contribution in [2.75, 3.05) is 6.61 Å². The van der Waals surface area contributed by atoms with Gasteiger partial charge in [-0.3, -0.25) is 9.69 Å². The number of fused-ring (bicyclic) bond motifs is 3. The molecule has 7 nitrogen and oxygen atoms in total. The second kappa shape index (κ2) is 6.67. The molecule has 0 saturated carbocycles. The molecule has 28 heavy (non-hydrogen) atoms. The fourth-order valence-corrected chi connectivity index (χ4v) is 3.77. The number of carbonyl (C=O) groups excluding carboxylic acids is 3. The first-order valence-electron chi connectivity index (χ1n) is 9.03. The van der Waals surface area contributed by atoms with Gasteiger partial charge in [-0.15, -0.1) is 0 Å². The van der Waals surface area contributed by atoms with Gasteiger partial charge in [0.25, 0.3) is 0 Å². The van der Waals surface area contributed by atoms with Crippen molar-refractivity contribution < 1.29 is 28.6 Å². The van der Waals surface area contributed by atoms with E-state index in [1.807, 2.05) is 36.4 Å². The Morgan fingerprint density at radius 3 is 2.64 bits per heavy atom. The summed E-state index contributed by atoms with van der Waals surface area (Å²) in [4.78, 5) is 38.2. The zero-order valence-corrected chi connectivity index (χ0v) is 15.5. The van der Waals surface area contributed by atoms with Gasteiger partial charge in [0.2, 0.25) is 5.72 Å². The molecule has 0 aliphatic carbocycles. The maximum atomic E-state index is 12.5. The van der Waals surface area contributed by atoms with Crippen molar-refractivity contribution in [2.45, 2.75) is 32.0 Å². The van der Waals surface area contributed by atoms with Crippen molar-refractivity contribution in [1.29, 1.82) is 0 Å². The molecule has 2 heterocycles. The second-order valence-electron chi connectivity index (χ2n) is 6.75. The lowest BCUT2D eigenvalue weighted by Gasteiger charge is -2.42. The third-order valence-electron chi connectivity index (χ3n) is 4.99. The molecule has 0 aromatic heterocycles. The fourth-order valence-electron chi connectivity index (χ4n) is 3.77. The van der Waals surface area contributed by atoms with Crippen LogP contribution in [0, 0.1) is 0 Å². The van der Waals surface area contributed by atoms with Gasteiger partial charge in [0.05, 0.1) is 6.61 Å². The van der Waals surface area contributed by atoms with Crippen LogP contribution in [0.25, 0.3) is 0 Å². The fraction of sp³-hybridized carbons (Fsp3) is 0.286. The summed E-state index contributed by atoms with van der Waals surface area (Å²) in [7, 11) is 0. The van der Waals surface area contributed by atoms with Crippen LogP contribution in [0.15, 0.2) is 48.5 Å². The average Bonchev–Trinajstić information content (AvgIpc) is 2.92. The molecule has 2 unspecified atom stereocenters. The Morgan fingerprint density at radius 1 is 1.18 bits per heavy atom. The summed E-state index contributed by atoms with van der Waals surface area (Å²) in [5.74, 6) is -1.20. The number of ether oxygens (including phenoxy) is 3. The Kier molecular flexibility index (Phi) is 4.30. The third kappa shape index (κ3) is 2.79. The number of benzene rings is 2. The van der Waals surface area contributed by atoms with E-state index in [4.69, 9.17) is 14.2 Å². The first kappa shape index (κ1) is 18.0. The number of carbonyl (C=O) groups is 3. The number of rotatable bonds is 4. The molecule has 0 N–H and O–H groups in total. The molecule has 1 saturated heterocycles. The van der Waals surface area contributed by atoms with Crippen LogP contribution in [-0.2, 0) is 36.0 Å². The van der Waals surface area contributed by atoms with E-state index in [1.165, 1.54) is 4.90 Å². The molecule has 2 aromatic rings. The summed E-state index contributed by atoms with van der Waals surface area (Å²) in [5.41, 5.74) is 0.00953. The van der Waals surface area contributed by atoms with Crippen LogP contribution in [-0.4, -0.2) is 35.4 Å². The molecular formula is C21H19NO6. The predicted octanol–water partition coefficient (Wildman–Crippen LogP) is 2.52. The summed E-state index contributed by atoms with van der Waals surface area (Å²) < 4.78 is 16.4. The van der Waals surface area contributed by atoms with E-state index in [0.717, 1.165) is 5.56 Å². The summed E-state index contributed by atoms with van der Waals surface area (Å²) in [6, 6.07) is 13.7. The Balaban J connectivity index is 1.76. The summed E-state index contributed by atoms with van der Waals surface area (Å²) in [6.45, 7) is 3.47. The number of amides is 1. The molecule has 4 rings (SSSR count). The maximum Gasteiger partial charge on any atom is 0.399 e. The van der Waals surface area contributed by atoms with Gasteiger partial charge in [0.15, 0.2) is 0 Å². The minimum atomic E-state index is -1.39. The minimum Gasteiger partial charge on any atom is -0.464 e. The summed E-state index contributed by atoms with van der Waals surface area (Å²) >= 11 is 0. The summed E-state index contributed by atoms with van der Waals surface area (Å²) in [5, 5.41) is 0. The molecule has 1 amide bonds. The van der Waals surface area contributed by atoms with Crippen molar-refractivity contribution in [2.24, 2.45) is 0 Å². The molecule has 2 aromatic carbocycles. The molecule has 0 bridgehead atoms. The standard InChI is InChI=1S/C21H19NO6/c1-3-26-19(24)17-11-13-9-10-15(27-14-7-5-4-6-8-14)12-16(13)21(2)22(17)18(23)20(25)28-21/h4-10,12,17H,3,11H2,1-2H3. The van der Waals surface area contributed by atoms with Crippen LogP contribution in [0.4, 0.5) is 0 Å². The lowest BCUT2D eigenvalue weighted by Crippen LogP contribution is -2.56. The van der Waals surface area contributed by atoms with Crippen molar-refractivity contribution >= 4 is 17.8 Å². The average molecular weight is 381 g/mol. The van der Waals surface area contributed by atoms with Gasteiger partial charge < -0.3 is 14.2 Å². The van der Waals surface area contributed by atoms with Gasteiger partial charge in [-0.25, -0.2) is 9.59 Å². The van der Waals surface area contributed by atoms with E-state index in [0.29, 0.717) is 17.1 Å². The normalized spacial score (nSPS) is 22.9. The molecule has 2 aliphatic rings. The van der Waals surface area contributed by atoms with Crippen LogP contribution >= 0.6 is 0 Å². The molecule has 2 atom stereocenters. The molecule has 1 fully saturated rings. The number of para-hydroxylation sites is 1. The lowest BCUT2D eigenvalue weighted by molar-refractivity contribution is -0.169. The molecule has 0 radical (unpaired) electrons. The van der Waals surface area contributed by atoms with Crippen LogP contribution in [0.3, 0.4) is 0 Å². The van der Waals surface area contributed by atoms with Crippen molar-refractivity contribution in [1.82, 2.24) is 4.90 Å². The first-order valence-corrected chi connectivity index (χ1v) is 9.03. The van der Waals surface area contributed by atoms with Gasteiger partial charge in [0, 0.05) is 12.0 Å². The van der Waals surface area contributed by atoms with Crippen LogP contribution < -0.4 is 4.74 Å². The van der Waals surface area contributed by atoms with Crippen LogP contribution in [0.1, 0.15) is 25.0 Å².